The van der Waals surface area contributed by atoms with Crippen molar-refractivity contribution in [2.75, 3.05) is 13.2 Å². The molecule has 0 aromatic heterocycles. The summed E-state index contributed by atoms with van der Waals surface area (Å²) in [6, 6.07) is 0.611. The second-order valence-corrected chi connectivity index (χ2v) is 2.86. The van der Waals surface area contributed by atoms with E-state index >= 15 is 0 Å². The molecule has 60 valence electrons. The molecule has 0 aliphatic carbocycles. The summed E-state index contributed by atoms with van der Waals surface area (Å²) in [6.45, 7) is 6.19. The maximum absolute atomic E-state index is 5.46. The molecule has 0 aromatic carbocycles. The molecule has 2 heteroatoms. The second kappa shape index (κ2) is 3.94. The first-order valence-electron chi connectivity index (χ1n) is 4.19. The Balaban J connectivity index is 2.18. The van der Waals surface area contributed by atoms with Crippen LogP contribution >= 0.6 is 0 Å². The van der Waals surface area contributed by atoms with E-state index in [1.54, 1.807) is 0 Å². The zero-order valence-corrected chi connectivity index (χ0v) is 6.89. The van der Waals surface area contributed by atoms with Crippen LogP contribution in [0.1, 0.15) is 26.7 Å². The molecule has 0 saturated carbocycles. The van der Waals surface area contributed by atoms with Crippen LogP contribution in [0.25, 0.3) is 0 Å². The van der Waals surface area contributed by atoms with Gasteiger partial charge in [0.2, 0.25) is 0 Å². The summed E-state index contributed by atoms with van der Waals surface area (Å²) < 4.78 is 5.46. The van der Waals surface area contributed by atoms with Crippen LogP contribution in [0.15, 0.2) is 0 Å². The Morgan fingerprint density at radius 3 is 3.00 bits per heavy atom. The van der Waals surface area contributed by atoms with Crippen LogP contribution in [-0.4, -0.2) is 25.3 Å². The van der Waals surface area contributed by atoms with Crippen LogP contribution in [0, 0.1) is 0 Å². The summed E-state index contributed by atoms with van der Waals surface area (Å²) in [7, 11) is 0. The maximum Gasteiger partial charge on any atom is 0.0699 e. The highest BCUT2D eigenvalue weighted by Crippen LogP contribution is 2.10. The van der Waals surface area contributed by atoms with E-state index in [1.165, 1.54) is 19.4 Å². The third-order valence-electron chi connectivity index (χ3n) is 2.09. The van der Waals surface area contributed by atoms with Crippen molar-refractivity contribution in [3.63, 3.8) is 0 Å². The highest BCUT2D eigenvalue weighted by Gasteiger charge is 2.20. The molecular formula is C8H17NO. The van der Waals surface area contributed by atoms with Gasteiger partial charge in [-0.05, 0) is 33.2 Å². The van der Waals surface area contributed by atoms with Crippen molar-refractivity contribution in [1.82, 2.24) is 5.32 Å². The zero-order chi connectivity index (χ0) is 7.40. The summed E-state index contributed by atoms with van der Waals surface area (Å²) in [6.07, 6.45) is 2.98. The van der Waals surface area contributed by atoms with E-state index in [4.69, 9.17) is 4.74 Å². The van der Waals surface area contributed by atoms with Gasteiger partial charge in [-0.3, -0.25) is 0 Å². The van der Waals surface area contributed by atoms with Gasteiger partial charge < -0.3 is 10.1 Å². The summed E-state index contributed by atoms with van der Waals surface area (Å²) in [5.41, 5.74) is 0. The van der Waals surface area contributed by atoms with Crippen molar-refractivity contribution in [2.24, 2.45) is 0 Å². The molecule has 1 aliphatic heterocycles. The van der Waals surface area contributed by atoms with Gasteiger partial charge in [-0.15, -0.1) is 0 Å². The number of nitrogens with one attached hydrogen (secondary N) is 1. The molecular weight excluding hydrogens is 126 g/mol. The Hall–Kier alpha value is -0.0800. The van der Waals surface area contributed by atoms with Crippen molar-refractivity contribution in [3.05, 3.63) is 0 Å². The van der Waals surface area contributed by atoms with Gasteiger partial charge >= 0.3 is 0 Å². The third-order valence-corrected chi connectivity index (χ3v) is 2.09. The smallest absolute Gasteiger partial charge is 0.0699 e. The molecule has 1 aliphatic rings. The number of rotatable bonds is 3. The lowest BCUT2D eigenvalue weighted by Crippen LogP contribution is -2.34. The van der Waals surface area contributed by atoms with E-state index in [0.29, 0.717) is 12.1 Å². The fourth-order valence-corrected chi connectivity index (χ4v) is 1.49. The molecule has 1 N–H and O–H groups in total. The lowest BCUT2D eigenvalue weighted by atomic mass is 10.1. The van der Waals surface area contributed by atoms with E-state index in [0.717, 1.165) is 6.61 Å². The van der Waals surface area contributed by atoms with Gasteiger partial charge in [-0.1, -0.05) is 0 Å². The summed E-state index contributed by atoms with van der Waals surface area (Å²) >= 11 is 0. The molecule has 0 radical (unpaired) electrons. The predicted molar refractivity (Wildman–Crippen MR) is 42.1 cm³/mol. The minimum absolute atomic E-state index is 0.396. The van der Waals surface area contributed by atoms with Crippen LogP contribution in [0.2, 0.25) is 0 Å². The molecule has 2 atom stereocenters. The molecule has 2 nitrogen and oxygen atoms in total. The Morgan fingerprint density at radius 1 is 1.70 bits per heavy atom. The number of hydrogen-bond donors (Lipinski definition) is 1. The van der Waals surface area contributed by atoms with Crippen molar-refractivity contribution in [2.45, 2.75) is 38.8 Å². The highest BCUT2D eigenvalue weighted by atomic mass is 16.5. The quantitative estimate of drug-likeness (QED) is 0.640. The highest BCUT2D eigenvalue weighted by molar-refractivity contribution is 4.79. The molecule has 10 heavy (non-hydrogen) atoms. The average Bonchev–Trinajstić information content (AvgIpc) is 2.38. The van der Waals surface area contributed by atoms with E-state index in [9.17, 15) is 0 Å². The zero-order valence-electron chi connectivity index (χ0n) is 6.89. The molecule has 1 fully saturated rings. The number of hydrogen-bond acceptors (Lipinski definition) is 2. The van der Waals surface area contributed by atoms with Gasteiger partial charge in [0.15, 0.2) is 0 Å². The van der Waals surface area contributed by atoms with Crippen molar-refractivity contribution < 1.29 is 4.74 Å². The Morgan fingerprint density at radius 2 is 2.50 bits per heavy atom. The lowest BCUT2D eigenvalue weighted by Gasteiger charge is -2.18. The average molecular weight is 143 g/mol. The van der Waals surface area contributed by atoms with E-state index < -0.39 is 0 Å². The normalized spacial score (nSPS) is 28.8. The predicted octanol–water partition coefficient (Wildman–Crippen LogP) is 1.16. The largest absolute Gasteiger partial charge is 0.377 e. The van der Waals surface area contributed by atoms with Gasteiger partial charge in [0, 0.05) is 12.6 Å². The van der Waals surface area contributed by atoms with Gasteiger partial charge in [0.25, 0.3) is 0 Å². The van der Waals surface area contributed by atoms with Crippen LogP contribution in [0.4, 0.5) is 0 Å². The van der Waals surface area contributed by atoms with E-state index in [2.05, 4.69) is 12.2 Å². The SMILES string of the molecule is CCOC(C)C1CCCN1. The van der Waals surface area contributed by atoms with Crippen molar-refractivity contribution in [1.29, 1.82) is 0 Å². The number of ether oxygens (including phenoxy) is 1. The van der Waals surface area contributed by atoms with E-state index in [1.807, 2.05) is 6.92 Å². The first-order valence-corrected chi connectivity index (χ1v) is 4.19. The Bertz CT molecular complexity index is 89.3. The summed E-state index contributed by atoms with van der Waals surface area (Å²) in [5, 5.41) is 3.42. The van der Waals surface area contributed by atoms with Gasteiger partial charge in [-0.2, -0.15) is 0 Å². The van der Waals surface area contributed by atoms with Crippen LogP contribution in [0.5, 0.6) is 0 Å². The summed E-state index contributed by atoms with van der Waals surface area (Å²) in [4.78, 5) is 0. The van der Waals surface area contributed by atoms with Crippen LogP contribution < -0.4 is 5.32 Å². The second-order valence-electron chi connectivity index (χ2n) is 2.86. The molecule has 0 spiro atoms. The minimum Gasteiger partial charge on any atom is -0.377 e. The third kappa shape index (κ3) is 1.96. The molecule has 0 bridgehead atoms. The fraction of sp³-hybridized carbons (Fsp3) is 1.00. The fourth-order valence-electron chi connectivity index (χ4n) is 1.49. The minimum atomic E-state index is 0.396. The standard InChI is InChI=1S/C8H17NO/c1-3-10-7(2)8-5-4-6-9-8/h7-9H,3-6H2,1-2H3. The summed E-state index contributed by atoms with van der Waals surface area (Å²) in [5.74, 6) is 0. The van der Waals surface area contributed by atoms with Crippen LogP contribution in [-0.2, 0) is 4.74 Å². The van der Waals surface area contributed by atoms with E-state index in [-0.39, 0.29) is 0 Å². The molecule has 1 saturated heterocycles. The lowest BCUT2D eigenvalue weighted by molar-refractivity contribution is 0.0527. The monoisotopic (exact) mass is 143 g/mol. The van der Waals surface area contributed by atoms with Crippen molar-refractivity contribution >= 4 is 0 Å². The molecule has 0 amide bonds. The first-order chi connectivity index (χ1) is 4.84. The molecule has 1 heterocycles. The Kier molecular flexibility index (Phi) is 3.16. The first kappa shape index (κ1) is 8.02. The maximum atomic E-state index is 5.46. The molecule has 0 aromatic rings. The molecule has 1 rings (SSSR count). The van der Waals surface area contributed by atoms with Gasteiger partial charge in [0.05, 0.1) is 6.10 Å². The topological polar surface area (TPSA) is 21.3 Å². The van der Waals surface area contributed by atoms with Gasteiger partial charge in [0.1, 0.15) is 0 Å². The van der Waals surface area contributed by atoms with Gasteiger partial charge in [-0.25, -0.2) is 0 Å². The van der Waals surface area contributed by atoms with Crippen molar-refractivity contribution in [3.8, 4) is 0 Å². The van der Waals surface area contributed by atoms with Crippen LogP contribution in [0.3, 0.4) is 0 Å². The Labute approximate surface area is 63.0 Å². The molecule has 2 unspecified atom stereocenters.